The van der Waals surface area contributed by atoms with Crippen LogP contribution >= 0.6 is 22.9 Å². The Morgan fingerprint density at radius 2 is 2.03 bits per heavy atom. The number of nitrogens with one attached hydrogen (secondary N) is 1. The Bertz CT molecular complexity index is 1170. The Labute approximate surface area is 175 Å². The number of aromatic nitrogens is 2. The maximum absolute atomic E-state index is 13.0. The highest BCUT2D eigenvalue weighted by atomic mass is 35.5. The fourth-order valence-corrected chi connectivity index (χ4v) is 4.07. The number of hydrogen-bond acceptors (Lipinski definition) is 7. The van der Waals surface area contributed by atoms with Crippen molar-refractivity contribution in [2.24, 2.45) is 0 Å². The minimum absolute atomic E-state index is 0.290. The average molecular weight is 436 g/mol. The second-order valence-corrected chi connectivity index (χ2v) is 7.63. The summed E-state index contributed by atoms with van der Waals surface area (Å²) in [4.78, 5) is 42.6. The smallest absolute Gasteiger partial charge is 0.348 e. The molecule has 2 aromatic heterocycles. The van der Waals surface area contributed by atoms with Gasteiger partial charge in [0.25, 0.3) is 5.56 Å². The molecule has 1 atom stereocenters. The lowest BCUT2D eigenvalue weighted by Crippen LogP contribution is -2.31. The van der Waals surface area contributed by atoms with Gasteiger partial charge in [-0.05, 0) is 37.6 Å². The van der Waals surface area contributed by atoms with Crippen molar-refractivity contribution in [1.82, 2.24) is 9.55 Å². The van der Waals surface area contributed by atoms with Crippen LogP contribution in [0.5, 0.6) is 5.75 Å². The maximum atomic E-state index is 13.0. The number of rotatable bonds is 5. The molecule has 0 aliphatic rings. The van der Waals surface area contributed by atoms with Crippen LogP contribution in [0.1, 0.15) is 28.2 Å². The summed E-state index contributed by atoms with van der Waals surface area (Å²) < 4.78 is 11.2. The molecule has 10 heteroatoms. The van der Waals surface area contributed by atoms with E-state index in [0.717, 1.165) is 11.3 Å². The first-order valence-corrected chi connectivity index (χ1v) is 9.70. The first-order chi connectivity index (χ1) is 13.8. The number of halogens is 1. The van der Waals surface area contributed by atoms with Gasteiger partial charge in [-0.1, -0.05) is 11.6 Å². The highest BCUT2D eigenvalue weighted by Gasteiger charge is 2.23. The first-order valence-electron chi connectivity index (χ1n) is 8.51. The first kappa shape index (κ1) is 20.8. The maximum Gasteiger partial charge on any atom is 0.348 e. The molecule has 0 fully saturated rings. The summed E-state index contributed by atoms with van der Waals surface area (Å²) in [5, 5.41) is 3.43. The van der Waals surface area contributed by atoms with Gasteiger partial charge in [0.1, 0.15) is 21.5 Å². The SMILES string of the molecule is COC(=O)c1sc2ncn(C(C)C(=O)Nc3cc(Cl)ccc3OC)c(=O)c2c1C. The van der Waals surface area contributed by atoms with Gasteiger partial charge in [-0.15, -0.1) is 11.3 Å². The van der Waals surface area contributed by atoms with Gasteiger partial charge in [0.05, 0.1) is 31.6 Å². The van der Waals surface area contributed by atoms with E-state index in [1.54, 1.807) is 32.0 Å². The number of thiophene rings is 1. The van der Waals surface area contributed by atoms with Crippen molar-refractivity contribution in [3.63, 3.8) is 0 Å². The largest absolute Gasteiger partial charge is 0.495 e. The van der Waals surface area contributed by atoms with Gasteiger partial charge < -0.3 is 14.8 Å². The fourth-order valence-electron chi connectivity index (χ4n) is 2.84. The lowest BCUT2D eigenvalue weighted by atomic mass is 10.2. The quantitative estimate of drug-likeness (QED) is 0.616. The van der Waals surface area contributed by atoms with Crippen LogP contribution in [0, 0.1) is 6.92 Å². The Morgan fingerprint density at radius 1 is 1.31 bits per heavy atom. The van der Waals surface area contributed by atoms with Crippen LogP contribution < -0.4 is 15.6 Å². The number of ether oxygens (including phenoxy) is 2. The number of benzene rings is 1. The minimum atomic E-state index is -0.871. The van der Waals surface area contributed by atoms with Gasteiger partial charge in [-0.2, -0.15) is 0 Å². The molecule has 3 rings (SSSR count). The van der Waals surface area contributed by atoms with Gasteiger partial charge in [-0.25, -0.2) is 9.78 Å². The van der Waals surface area contributed by atoms with Crippen LogP contribution in [0.25, 0.3) is 10.2 Å². The lowest BCUT2D eigenvalue weighted by Gasteiger charge is -2.16. The van der Waals surface area contributed by atoms with Crippen molar-refractivity contribution >= 4 is 50.7 Å². The van der Waals surface area contributed by atoms with E-state index in [-0.39, 0.29) is 5.39 Å². The van der Waals surface area contributed by atoms with Crippen LogP contribution in [-0.4, -0.2) is 35.6 Å². The van der Waals surface area contributed by atoms with E-state index in [9.17, 15) is 14.4 Å². The van der Waals surface area contributed by atoms with Gasteiger partial charge >= 0.3 is 5.97 Å². The molecule has 0 aliphatic heterocycles. The van der Waals surface area contributed by atoms with Crippen LogP contribution in [0.2, 0.25) is 5.02 Å². The highest BCUT2D eigenvalue weighted by molar-refractivity contribution is 7.20. The lowest BCUT2D eigenvalue weighted by molar-refractivity contribution is -0.118. The highest BCUT2D eigenvalue weighted by Crippen LogP contribution is 2.29. The fraction of sp³-hybridized carbons (Fsp3) is 0.263. The number of carbonyl (C=O) groups is 2. The third kappa shape index (κ3) is 3.83. The standard InChI is InChI=1S/C19H18ClN3O5S/c1-9-14-17(29-15(9)19(26)28-4)21-8-23(18(14)25)10(2)16(24)22-12-7-11(20)5-6-13(12)27-3/h5-8,10H,1-4H3,(H,22,24). The number of esters is 1. The molecule has 29 heavy (non-hydrogen) atoms. The van der Waals surface area contributed by atoms with Crippen LogP contribution in [0.15, 0.2) is 29.3 Å². The zero-order valence-corrected chi connectivity index (χ0v) is 17.7. The summed E-state index contributed by atoms with van der Waals surface area (Å²) in [6.07, 6.45) is 1.29. The number of carbonyl (C=O) groups excluding carboxylic acids is 2. The van der Waals surface area contributed by atoms with Crippen molar-refractivity contribution in [3.8, 4) is 5.75 Å². The summed E-state index contributed by atoms with van der Waals surface area (Å²) in [6, 6.07) is 3.95. The average Bonchev–Trinajstić information content (AvgIpc) is 3.04. The Kier molecular flexibility index (Phi) is 5.90. The molecule has 1 amide bonds. The predicted octanol–water partition coefficient (Wildman–Crippen LogP) is 3.41. The third-order valence-corrected chi connectivity index (χ3v) is 5.88. The molecule has 0 spiro atoms. The van der Waals surface area contributed by atoms with E-state index in [1.165, 1.54) is 25.1 Å². The van der Waals surface area contributed by atoms with Crippen LogP contribution in [0.3, 0.4) is 0 Å². The predicted molar refractivity (Wildman–Crippen MR) is 111 cm³/mol. The van der Waals surface area contributed by atoms with E-state index < -0.39 is 23.5 Å². The molecule has 1 N–H and O–H groups in total. The number of anilines is 1. The van der Waals surface area contributed by atoms with E-state index in [2.05, 4.69) is 10.3 Å². The number of methoxy groups -OCH3 is 2. The van der Waals surface area contributed by atoms with E-state index in [1.807, 2.05) is 0 Å². The normalized spacial score (nSPS) is 11.9. The topological polar surface area (TPSA) is 99.5 Å². The van der Waals surface area contributed by atoms with Crippen molar-refractivity contribution in [2.45, 2.75) is 19.9 Å². The van der Waals surface area contributed by atoms with Crippen molar-refractivity contribution < 1.29 is 19.1 Å². The Balaban J connectivity index is 1.98. The number of nitrogens with zero attached hydrogens (tertiary/aromatic N) is 2. The summed E-state index contributed by atoms with van der Waals surface area (Å²) in [6.45, 7) is 3.23. The molecule has 8 nitrogen and oxygen atoms in total. The zero-order chi connectivity index (χ0) is 21.3. The van der Waals surface area contributed by atoms with Crippen molar-refractivity contribution in [2.75, 3.05) is 19.5 Å². The second kappa shape index (κ2) is 8.22. The van der Waals surface area contributed by atoms with Gasteiger partial charge in [-0.3, -0.25) is 14.2 Å². The molecule has 3 aromatic rings. The van der Waals surface area contributed by atoms with Crippen molar-refractivity contribution in [3.05, 3.63) is 50.3 Å². The molecule has 0 aliphatic carbocycles. The van der Waals surface area contributed by atoms with Crippen LogP contribution in [-0.2, 0) is 9.53 Å². The molecule has 0 radical (unpaired) electrons. The van der Waals surface area contributed by atoms with Gasteiger partial charge in [0.15, 0.2) is 0 Å². The van der Waals surface area contributed by atoms with E-state index in [4.69, 9.17) is 21.1 Å². The zero-order valence-electron chi connectivity index (χ0n) is 16.1. The molecular formula is C19H18ClN3O5S. The number of aryl methyl sites for hydroxylation is 1. The molecule has 0 saturated heterocycles. The number of hydrogen-bond donors (Lipinski definition) is 1. The molecule has 1 unspecified atom stereocenters. The summed E-state index contributed by atoms with van der Waals surface area (Å²) >= 11 is 7.07. The molecule has 0 saturated carbocycles. The minimum Gasteiger partial charge on any atom is -0.495 e. The van der Waals surface area contributed by atoms with Gasteiger partial charge in [0.2, 0.25) is 5.91 Å². The molecule has 1 aromatic carbocycles. The monoisotopic (exact) mass is 435 g/mol. The molecular weight excluding hydrogens is 418 g/mol. The van der Waals surface area contributed by atoms with E-state index >= 15 is 0 Å². The number of fused-ring (bicyclic) bond motifs is 1. The Morgan fingerprint density at radius 3 is 2.69 bits per heavy atom. The molecule has 2 heterocycles. The van der Waals surface area contributed by atoms with E-state index in [0.29, 0.717) is 31.7 Å². The molecule has 0 bridgehead atoms. The second-order valence-electron chi connectivity index (χ2n) is 6.19. The third-order valence-electron chi connectivity index (χ3n) is 4.46. The summed E-state index contributed by atoms with van der Waals surface area (Å²) in [7, 11) is 2.75. The summed E-state index contributed by atoms with van der Waals surface area (Å²) in [5.74, 6) is -0.544. The van der Waals surface area contributed by atoms with Crippen LogP contribution in [0.4, 0.5) is 5.69 Å². The van der Waals surface area contributed by atoms with Crippen molar-refractivity contribution in [1.29, 1.82) is 0 Å². The van der Waals surface area contributed by atoms with Gasteiger partial charge in [0, 0.05) is 5.02 Å². The molecule has 152 valence electrons. The summed E-state index contributed by atoms with van der Waals surface area (Å²) in [5.41, 5.74) is 0.450. The Hall–Kier alpha value is -2.91. The number of amides is 1.